The molecule has 1 unspecified atom stereocenters. The molecule has 2 heterocycles. The predicted molar refractivity (Wildman–Crippen MR) is 71.5 cm³/mol. The molecule has 18 heavy (non-hydrogen) atoms. The van der Waals surface area contributed by atoms with Gasteiger partial charge in [-0.2, -0.15) is 0 Å². The number of aryl methyl sites for hydroxylation is 1. The summed E-state index contributed by atoms with van der Waals surface area (Å²) in [6, 6.07) is 0. The lowest BCUT2D eigenvalue weighted by Gasteiger charge is -2.29. The third-order valence-electron chi connectivity index (χ3n) is 3.32. The van der Waals surface area contributed by atoms with Crippen LogP contribution in [-0.2, 0) is 4.74 Å². The molecule has 5 heteroatoms. The van der Waals surface area contributed by atoms with Crippen molar-refractivity contribution in [1.29, 1.82) is 0 Å². The first-order chi connectivity index (χ1) is 8.49. The number of likely N-dealkylation sites (N-methyl/N-ethyl adjacent to an activating group) is 1. The van der Waals surface area contributed by atoms with Crippen LogP contribution in [0.1, 0.15) is 43.0 Å². The standard InChI is InChI=1S/C13H22N4O/c1-8(2)11-9(3)15-13(16-12(11)14)10-7-17(4)5-6-18-10/h8,10H,5-7H2,1-4H3,(H2,14,15,16). The Morgan fingerprint density at radius 2 is 2.11 bits per heavy atom. The van der Waals surface area contributed by atoms with Gasteiger partial charge < -0.3 is 15.4 Å². The second-order valence-electron chi connectivity index (χ2n) is 5.24. The molecule has 5 nitrogen and oxygen atoms in total. The van der Waals surface area contributed by atoms with E-state index < -0.39 is 0 Å². The zero-order valence-electron chi connectivity index (χ0n) is 11.6. The lowest BCUT2D eigenvalue weighted by molar-refractivity contribution is -0.0255. The summed E-state index contributed by atoms with van der Waals surface area (Å²) >= 11 is 0. The van der Waals surface area contributed by atoms with Crippen LogP contribution in [0.5, 0.6) is 0 Å². The minimum Gasteiger partial charge on any atom is -0.383 e. The van der Waals surface area contributed by atoms with E-state index in [1.54, 1.807) is 0 Å². The maximum Gasteiger partial charge on any atom is 0.161 e. The Hall–Kier alpha value is -1.20. The zero-order valence-corrected chi connectivity index (χ0v) is 11.6. The number of nitrogens with zero attached hydrogens (tertiary/aromatic N) is 3. The summed E-state index contributed by atoms with van der Waals surface area (Å²) < 4.78 is 5.72. The van der Waals surface area contributed by atoms with Crippen molar-refractivity contribution in [2.75, 3.05) is 32.5 Å². The highest BCUT2D eigenvalue weighted by atomic mass is 16.5. The lowest BCUT2D eigenvalue weighted by atomic mass is 10.0. The number of rotatable bonds is 2. The Balaban J connectivity index is 2.30. The van der Waals surface area contributed by atoms with Gasteiger partial charge in [-0.1, -0.05) is 13.8 Å². The van der Waals surface area contributed by atoms with Gasteiger partial charge in [0, 0.05) is 24.3 Å². The lowest BCUT2D eigenvalue weighted by Crippen LogP contribution is -2.36. The van der Waals surface area contributed by atoms with Crippen molar-refractivity contribution in [1.82, 2.24) is 14.9 Å². The molecule has 0 aliphatic carbocycles. The smallest absolute Gasteiger partial charge is 0.161 e. The normalized spacial score (nSPS) is 21.5. The Bertz CT molecular complexity index is 410. The molecule has 0 bridgehead atoms. The van der Waals surface area contributed by atoms with Crippen LogP contribution >= 0.6 is 0 Å². The average Bonchev–Trinajstić information content (AvgIpc) is 2.27. The fraction of sp³-hybridized carbons (Fsp3) is 0.692. The highest BCUT2D eigenvalue weighted by molar-refractivity contribution is 5.44. The van der Waals surface area contributed by atoms with Crippen molar-refractivity contribution in [3.8, 4) is 0 Å². The van der Waals surface area contributed by atoms with Crippen molar-refractivity contribution in [2.24, 2.45) is 0 Å². The van der Waals surface area contributed by atoms with Crippen LogP contribution < -0.4 is 5.73 Å². The monoisotopic (exact) mass is 250 g/mol. The summed E-state index contributed by atoms with van der Waals surface area (Å²) in [6.45, 7) is 8.69. The Morgan fingerprint density at radius 1 is 1.39 bits per heavy atom. The van der Waals surface area contributed by atoms with Gasteiger partial charge in [0.2, 0.25) is 0 Å². The molecule has 0 saturated carbocycles. The second kappa shape index (κ2) is 5.20. The molecule has 1 atom stereocenters. The third kappa shape index (κ3) is 2.62. The third-order valence-corrected chi connectivity index (χ3v) is 3.32. The minimum atomic E-state index is -0.0639. The Morgan fingerprint density at radius 3 is 2.67 bits per heavy atom. The summed E-state index contributed by atoms with van der Waals surface area (Å²) in [7, 11) is 2.08. The molecule has 1 fully saturated rings. The Kier molecular flexibility index (Phi) is 3.82. The minimum absolute atomic E-state index is 0.0639. The van der Waals surface area contributed by atoms with E-state index in [2.05, 4.69) is 35.8 Å². The van der Waals surface area contributed by atoms with Gasteiger partial charge >= 0.3 is 0 Å². The van der Waals surface area contributed by atoms with Gasteiger partial charge in [-0.05, 0) is 19.9 Å². The molecule has 100 valence electrons. The van der Waals surface area contributed by atoms with Gasteiger partial charge in [0.05, 0.1) is 6.61 Å². The fourth-order valence-corrected chi connectivity index (χ4v) is 2.42. The van der Waals surface area contributed by atoms with Crippen LogP contribution in [-0.4, -0.2) is 41.6 Å². The number of morpholine rings is 1. The summed E-state index contributed by atoms with van der Waals surface area (Å²) in [4.78, 5) is 11.2. The van der Waals surface area contributed by atoms with E-state index in [1.807, 2.05) is 6.92 Å². The molecule has 1 aliphatic rings. The van der Waals surface area contributed by atoms with E-state index in [0.29, 0.717) is 17.6 Å². The van der Waals surface area contributed by atoms with Gasteiger partial charge in [0.25, 0.3) is 0 Å². The summed E-state index contributed by atoms with van der Waals surface area (Å²) in [6.07, 6.45) is -0.0639. The summed E-state index contributed by atoms with van der Waals surface area (Å²) in [5.74, 6) is 1.64. The van der Waals surface area contributed by atoms with Crippen molar-refractivity contribution in [2.45, 2.75) is 32.8 Å². The molecule has 1 aromatic heterocycles. The number of ether oxygens (including phenoxy) is 1. The average molecular weight is 250 g/mol. The van der Waals surface area contributed by atoms with E-state index in [0.717, 1.165) is 31.0 Å². The summed E-state index contributed by atoms with van der Waals surface area (Å²) in [5, 5.41) is 0. The van der Waals surface area contributed by atoms with Gasteiger partial charge in [-0.25, -0.2) is 9.97 Å². The maximum absolute atomic E-state index is 6.04. The van der Waals surface area contributed by atoms with E-state index in [1.165, 1.54) is 0 Å². The molecule has 1 aliphatic heterocycles. The first-order valence-corrected chi connectivity index (χ1v) is 6.43. The molecular weight excluding hydrogens is 228 g/mol. The fourth-order valence-electron chi connectivity index (χ4n) is 2.42. The van der Waals surface area contributed by atoms with Crippen LogP contribution in [0, 0.1) is 6.92 Å². The van der Waals surface area contributed by atoms with Crippen LogP contribution in [0.3, 0.4) is 0 Å². The maximum atomic E-state index is 6.04. The Labute approximate surface area is 108 Å². The SMILES string of the molecule is Cc1nc(C2CN(C)CCO2)nc(N)c1C(C)C. The van der Waals surface area contributed by atoms with E-state index in [4.69, 9.17) is 10.5 Å². The van der Waals surface area contributed by atoms with Gasteiger partial charge in [-0.15, -0.1) is 0 Å². The van der Waals surface area contributed by atoms with Crippen molar-refractivity contribution in [3.63, 3.8) is 0 Å². The van der Waals surface area contributed by atoms with Crippen molar-refractivity contribution < 1.29 is 4.74 Å². The molecular formula is C13H22N4O. The van der Waals surface area contributed by atoms with Gasteiger partial charge in [0.1, 0.15) is 11.9 Å². The van der Waals surface area contributed by atoms with Crippen molar-refractivity contribution in [3.05, 3.63) is 17.1 Å². The van der Waals surface area contributed by atoms with Crippen LogP contribution in [0.4, 0.5) is 5.82 Å². The topological polar surface area (TPSA) is 64.3 Å². The van der Waals surface area contributed by atoms with E-state index >= 15 is 0 Å². The van der Waals surface area contributed by atoms with E-state index in [-0.39, 0.29) is 6.10 Å². The molecule has 2 rings (SSSR count). The number of nitrogen functional groups attached to an aromatic ring is 1. The number of anilines is 1. The molecule has 0 spiro atoms. The summed E-state index contributed by atoms with van der Waals surface area (Å²) in [5.41, 5.74) is 8.05. The van der Waals surface area contributed by atoms with Gasteiger partial charge in [-0.3, -0.25) is 0 Å². The number of hydrogen-bond acceptors (Lipinski definition) is 5. The van der Waals surface area contributed by atoms with E-state index in [9.17, 15) is 0 Å². The molecule has 0 amide bonds. The van der Waals surface area contributed by atoms with Crippen molar-refractivity contribution >= 4 is 5.82 Å². The van der Waals surface area contributed by atoms with Crippen LogP contribution in [0.2, 0.25) is 0 Å². The van der Waals surface area contributed by atoms with Crippen LogP contribution in [0.15, 0.2) is 0 Å². The highest BCUT2D eigenvalue weighted by Gasteiger charge is 2.24. The number of nitrogens with two attached hydrogens (primary N) is 1. The second-order valence-corrected chi connectivity index (χ2v) is 5.24. The highest BCUT2D eigenvalue weighted by Crippen LogP contribution is 2.26. The quantitative estimate of drug-likeness (QED) is 0.861. The van der Waals surface area contributed by atoms with Crippen LogP contribution in [0.25, 0.3) is 0 Å². The molecule has 1 saturated heterocycles. The molecule has 2 N–H and O–H groups in total. The first kappa shape index (κ1) is 13.2. The molecule has 0 aromatic carbocycles. The number of aromatic nitrogens is 2. The molecule has 1 aromatic rings. The predicted octanol–water partition coefficient (Wildman–Crippen LogP) is 1.49. The largest absolute Gasteiger partial charge is 0.383 e. The number of hydrogen-bond donors (Lipinski definition) is 1. The zero-order chi connectivity index (χ0) is 13.3. The first-order valence-electron chi connectivity index (χ1n) is 6.43. The van der Waals surface area contributed by atoms with Gasteiger partial charge in [0.15, 0.2) is 5.82 Å². The molecule has 0 radical (unpaired) electrons.